The molecule has 0 spiro atoms. The summed E-state index contributed by atoms with van der Waals surface area (Å²) in [6.45, 7) is 8.30. The second kappa shape index (κ2) is 8.26. The van der Waals surface area contributed by atoms with E-state index in [1.54, 1.807) is 6.20 Å². The van der Waals surface area contributed by atoms with Crippen molar-refractivity contribution in [2.75, 3.05) is 7.05 Å². The van der Waals surface area contributed by atoms with Gasteiger partial charge < -0.3 is 10.6 Å². The third-order valence-corrected chi connectivity index (χ3v) is 5.60. The molecule has 1 unspecified atom stereocenters. The number of halogens is 1. The molecular formula is C22H27BrN4. The fourth-order valence-electron chi connectivity index (χ4n) is 3.43. The zero-order chi connectivity index (χ0) is 19.6. The number of rotatable bonds is 3. The highest BCUT2D eigenvalue weighted by molar-refractivity contribution is 9.10. The number of guanidine groups is 1. The highest BCUT2D eigenvalue weighted by atomic mass is 79.9. The summed E-state index contributed by atoms with van der Waals surface area (Å²) in [7, 11) is 1.91. The van der Waals surface area contributed by atoms with E-state index in [4.69, 9.17) is 10.7 Å². The van der Waals surface area contributed by atoms with E-state index < -0.39 is 0 Å². The van der Waals surface area contributed by atoms with E-state index in [1.807, 2.05) is 37.9 Å². The SMILES string of the molecule is C=C1[C@H](c2ccc(C3CC3)cc2)C(c2cc(Br)ccn2)N=C(N)N1C.CC. The summed E-state index contributed by atoms with van der Waals surface area (Å²) in [6, 6.07) is 12.7. The molecule has 1 aromatic heterocycles. The van der Waals surface area contributed by atoms with Gasteiger partial charge in [-0.1, -0.05) is 60.6 Å². The minimum atomic E-state index is -0.173. The van der Waals surface area contributed by atoms with Gasteiger partial charge in [-0.05, 0) is 42.0 Å². The topological polar surface area (TPSA) is 54.5 Å². The van der Waals surface area contributed by atoms with Gasteiger partial charge in [-0.25, -0.2) is 4.99 Å². The maximum absolute atomic E-state index is 6.12. The number of nitrogens with two attached hydrogens (primary N) is 1. The van der Waals surface area contributed by atoms with Crippen LogP contribution in [0.25, 0.3) is 0 Å². The average Bonchev–Trinajstić information content (AvgIpc) is 3.53. The number of nitrogens with zero attached hydrogens (tertiary/aromatic N) is 3. The lowest BCUT2D eigenvalue weighted by Gasteiger charge is -2.36. The van der Waals surface area contributed by atoms with Crippen LogP contribution in [0.1, 0.15) is 61.4 Å². The molecule has 142 valence electrons. The first-order valence-corrected chi connectivity index (χ1v) is 10.3. The van der Waals surface area contributed by atoms with Crippen molar-refractivity contribution in [3.8, 4) is 0 Å². The van der Waals surface area contributed by atoms with Gasteiger partial charge in [-0.3, -0.25) is 4.98 Å². The van der Waals surface area contributed by atoms with Gasteiger partial charge in [0.15, 0.2) is 5.96 Å². The fourth-order valence-corrected chi connectivity index (χ4v) is 3.78. The molecule has 1 aromatic carbocycles. The molecule has 1 aliphatic carbocycles. The van der Waals surface area contributed by atoms with Crippen LogP contribution in [-0.2, 0) is 0 Å². The number of aliphatic imine (C=N–C) groups is 1. The Morgan fingerprint density at radius 2 is 1.74 bits per heavy atom. The Labute approximate surface area is 170 Å². The van der Waals surface area contributed by atoms with E-state index in [0.717, 1.165) is 21.8 Å². The molecule has 0 saturated heterocycles. The molecule has 0 amide bonds. The Morgan fingerprint density at radius 1 is 1.11 bits per heavy atom. The van der Waals surface area contributed by atoms with Gasteiger partial charge in [0.2, 0.25) is 0 Å². The Morgan fingerprint density at radius 3 is 2.33 bits per heavy atom. The maximum Gasteiger partial charge on any atom is 0.196 e. The molecular weight excluding hydrogens is 400 g/mol. The largest absolute Gasteiger partial charge is 0.370 e. The summed E-state index contributed by atoms with van der Waals surface area (Å²) < 4.78 is 0.985. The minimum Gasteiger partial charge on any atom is -0.370 e. The molecule has 2 heterocycles. The van der Waals surface area contributed by atoms with Crippen LogP contribution in [0.5, 0.6) is 0 Å². The molecule has 0 bridgehead atoms. The first-order chi connectivity index (χ1) is 13.0. The van der Waals surface area contributed by atoms with Crippen LogP contribution >= 0.6 is 15.9 Å². The minimum absolute atomic E-state index is 0.0207. The second-order valence-electron chi connectivity index (χ2n) is 6.80. The number of hydrogen-bond donors (Lipinski definition) is 1. The summed E-state index contributed by atoms with van der Waals surface area (Å²) in [5, 5.41) is 0. The van der Waals surface area contributed by atoms with Gasteiger partial charge >= 0.3 is 0 Å². The summed E-state index contributed by atoms with van der Waals surface area (Å²) in [5.41, 5.74) is 10.6. The molecule has 1 aliphatic heterocycles. The zero-order valence-corrected chi connectivity index (χ0v) is 17.8. The highest BCUT2D eigenvalue weighted by Gasteiger charge is 2.35. The maximum atomic E-state index is 6.12. The van der Waals surface area contributed by atoms with Crippen LogP contribution in [0.4, 0.5) is 0 Å². The molecule has 2 N–H and O–H groups in total. The lowest BCUT2D eigenvalue weighted by Crippen LogP contribution is -2.40. The Kier molecular flexibility index (Phi) is 6.00. The quantitative estimate of drug-likeness (QED) is 0.719. The van der Waals surface area contributed by atoms with E-state index in [1.165, 1.54) is 24.0 Å². The van der Waals surface area contributed by atoms with Crippen molar-refractivity contribution in [1.29, 1.82) is 0 Å². The van der Waals surface area contributed by atoms with Crippen LogP contribution in [0, 0.1) is 0 Å². The standard InChI is InChI=1S/C20H21BrN4.C2H6/c1-12-18(15-7-5-14(6-8-15)13-3-4-13)19(24-20(22)25(12)2)17-11-16(21)9-10-23-17;1-2/h5-11,13,18-19H,1,3-4H2,2H3,(H2,22,24);1-2H3/t18-,19?;/m1./s1. The average molecular weight is 427 g/mol. The van der Waals surface area contributed by atoms with Crippen molar-refractivity contribution in [3.05, 3.63) is 76.2 Å². The van der Waals surface area contributed by atoms with Crippen LogP contribution < -0.4 is 5.73 Å². The molecule has 5 heteroatoms. The molecule has 27 heavy (non-hydrogen) atoms. The molecule has 2 aliphatic rings. The van der Waals surface area contributed by atoms with Gasteiger partial charge in [-0.15, -0.1) is 0 Å². The monoisotopic (exact) mass is 426 g/mol. The summed E-state index contributed by atoms with van der Waals surface area (Å²) in [6.07, 6.45) is 4.41. The predicted molar refractivity (Wildman–Crippen MR) is 116 cm³/mol. The van der Waals surface area contributed by atoms with Crippen molar-refractivity contribution in [1.82, 2.24) is 9.88 Å². The summed E-state index contributed by atoms with van der Waals surface area (Å²) in [4.78, 5) is 11.1. The van der Waals surface area contributed by atoms with Crippen LogP contribution in [0.2, 0.25) is 0 Å². The third kappa shape index (κ3) is 4.08. The van der Waals surface area contributed by atoms with Crippen molar-refractivity contribution in [2.45, 2.75) is 44.6 Å². The van der Waals surface area contributed by atoms with Gasteiger partial charge in [0.1, 0.15) is 6.04 Å². The summed E-state index contributed by atoms with van der Waals surface area (Å²) in [5.74, 6) is 1.25. The number of likely N-dealkylation sites (N-methyl/N-ethyl adjacent to an activating group) is 1. The van der Waals surface area contributed by atoms with Crippen molar-refractivity contribution >= 4 is 21.9 Å². The Balaban J connectivity index is 0.00000102. The smallest absolute Gasteiger partial charge is 0.196 e. The number of benzene rings is 1. The number of pyridine rings is 1. The molecule has 2 aromatic rings. The molecule has 2 atom stereocenters. The molecule has 0 radical (unpaired) electrons. The van der Waals surface area contributed by atoms with Crippen LogP contribution in [-0.4, -0.2) is 22.9 Å². The van der Waals surface area contributed by atoms with E-state index in [-0.39, 0.29) is 12.0 Å². The number of hydrogen-bond acceptors (Lipinski definition) is 4. The van der Waals surface area contributed by atoms with E-state index >= 15 is 0 Å². The summed E-state index contributed by atoms with van der Waals surface area (Å²) >= 11 is 3.53. The molecule has 1 saturated carbocycles. The Bertz CT molecular complexity index is 840. The lowest BCUT2D eigenvalue weighted by atomic mass is 9.85. The van der Waals surface area contributed by atoms with Crippen LogP contribution in [0.15, 0.2) is 64.3 Å². The first kappa shape index (κ1) is 19.6. The van der Waals surface area contributed by atoms with Gasteiger partial charge in [0, 0.05) is 23.4 Å². The zero-order valence-electron chi connectivity index (χ0n) is 16.2. The normalized spacial score (nSPS) is 22.0. The van der Waals surface area contributed by atoms with Gasteiger partial charge in [0.05, 0.1) is 11.6 Å². The van der Waals surface area contributed by atoms with E-state index in [0.29, 0.717) is 5.96 Å². The predicted octanol–water partition coefficient (Wildman–Crippen LogP) is 5.35. The lowest BCUT2D eigenvalue weighted by molar-refractivity contribution is 0.451. The first-order valence-electron chi connectivity index (χ1n) is 9.51. The number of aromatic nitrogens is 1. The van der Waals surface area contributed by atoms with E-state index in [2.05, 4.69) is 51.8 Å². The highest BCUT2D eigenvalue weighted by Crippen LogP contribution is 2.44. The van der Waals surface area contributed by atoms with Gasteiger partial charge in [0.25, 0.3) is 0 Å². The third-order valence-electron chi connectivity index (χ3n) is 5.11. The van der Waals surface area contributed by atoms with Gasteiger partial charge in [-0.2, -0.15) is 0 Å². The van der Waals surface area contributed by atoms with Crippen molar-refractivity contribution in [3.63, 3.8) is 0 Å². The Hall–Kier alpha value is -2.14. The van der Waals surface area contributed by atoms with Crippen molar-refractivity contribution < 1.29 is 0 Å². The molecule has 1 fully saturated rings. The van der Waals surface area contributed by atoms with Crippen molar-refractivity contribution in [2.24, 2.45) is 10.7 Å². The molecule has 4 rings (SSSR count). The van der Waals surface area contributed by atoms with E-state index in [9.17, 15) is 0 Å². The van der Waals surface area contributed by atoms with Crippen LogP contribution in [0.3, 0.4) is 0 Å². The molecule has 4 nitrogen and oxygen atoms in total. The second-order valence-corrected chi connectivity index (χ2v) is 7.72. The fraction of sp³-hybridized carbons (Fsp3) is 0.364.